The highest BCUT2D eigenvalue weighted by Gasteiger charge is 2.57. The highest BCUT2D eigenvalue weighted by molar-refractivity contribution is 7.52. The van der Waals surface area contributed by atoms with Crippen molar-refractivity contribution < 1.29 is 37.4 Å². The third kappa shape index (κ3) is 7.53. The zero-order chi connectivity index (χ0) is 28.8. The molecule has 0 saturated carbocycles. The largest absolute Gasteiger partial charge is 0.463 e. The Bertz CT molecular complexity index is 1310. The Morgan fingerprint density at radius 3 is 2.69 bits per heavy atom. The lowest BCUT2D eigenvalue weighted by molar-refractivity contribution is -0.147. The minimum Gasteiger partial charge on any atom is -0.463 e. The van der Waals surface area contributed by atoms with E-state index in [0.717, 1.165) is 6.20 Å². The summed E-state index contributed by atoms with van der Waals surface area (Å²) in [5, 5.41) is 16.6. The zero-order valence-electron chi connectivity index (χ0n) is 21.3. The van der Waals surface area contributed by atoms with Crippen molar-refractivity contribution in [3.8, 4) is 5.75 Å². The molecule has 39 heavy (non-hydrogen) atoms. The number of aliphatic hydroxyl groups excluding tert-OH is 1. The maximum atomic E-state index is 15.2. The Labute approximate surface area is 222 Å². The highest BCUT2D eigenvalue weighted by atomic mass is 31.2. The van der Waals surface area contributed by atoms with Gasteiger partial charge in [-0.15, -0.1) is 0 Å². The van der Waals surface area contributed by atoms with Crippen LogP contribution in [0.4, 0.5) is 10.2 Å². The highest BCUT2D eigenvalue weighted by Crippen LogP contribution is 2.48. The van der Waals surface area contributed by atoms with Crippen LogP contribution >= 0.6 is 7.75 Å². The third-order valence-corrected chi connectivity index (χ3v) is 7.01. The van der Waals surface area contributed by atoms with E-state index in [1.54, 1.807) is 32.0 Å². The van der Waals surface area contributed by atoms with Crippen molar-refractivity contribution >= 4 is 19.5 Å². The molecule has 1 aromatic carbocycles. The SMILES string of the molecule is CC(CC(=O)OC(C)C)NP(=O)(OC[C@@]1(N=[N+]=[N-])O[C@@H](n2ccc(N)nc2=O)[C@H](F)[C@@H]1O)Oc1ccccc1. The molecule has 1 fully saturated rings. The normalized spacial score (nSPS) is 24.9. The number of aliphatic hydroxyl groups is 1. The van der Waals surface area contributed by atoms with Crippen molar-refractivity contribution in [1.29, 1.82) is 0 Å². The molecule has 0 amide bonds. The average molecular weight is 569 g/mol. The predicted molar refractivity (Wildman–Crippen MR) is 135 cm³/mol. The molecule has 2 unspecified atom stereocenters. The minimum absolute atomic E-state index is 0.108. The van der Waals surface area contributed by atoms with E-state index in [2.05, 4.69) is 20.1 Å². The summed E-state index contributed by atoms with van der Waals surface area (Å²) in [4.78, 5) is 30.4. The molecule has 0 radical (unpaired) electrons. The number of nitrogens with one attached hydrogen (secondary N) is 1. The Morgan fingerprint density at radius 1 is 1.38 bits per heavy atom. The first kappa shape index (κ1) is 30.0. The lowest BCUT2D eigenvalue weighted by atomic mass is 10.1. The molecular formula is C22H29FN7O8P. The van der Waals surface area contributed by atoms with Crippen LogP contribution < -0.4 is 21.0 Å². The van der Waals surface area contributed by atoms with E-state index in [4.69, 9.17) is 29.8 Å². The number of alkyl halides is 1. The number of nitrogens with two attached hydrogens (primary N) is 1. The van der Waals surface area contributed by atoms with Crippen LogP contribution in [-0.4, -0.2) is 57.4 Å². The second kappa shape index (κ2) is 12.6. The maximum Gasteiger partial charge on any atom is 0.459 e. The van der Waals surface area contributed by atoms with Gasteiger partial charge in [-0.25, -0.2) is 18.8 Å². The fourth-order valence-corrected chi connectivity index (χ4v) is 5.21. The number of aromatic nitrogens is 2. The van der Waals surface area contributed by atoms with E-state index in [-0.39, 0.29) is 24.1 Å². The van der Waals surface area contributed by atoms with Crippen molar-refractivity contribution in [2.45, 2.75) is 63.6 Å². The number of azide groups is 1. The summed E-state index contributed by atoms with van der Waals surface area (Å²) in [5.41, 5.74) is 11.1. The molecule has 0 spiro atoms. The van der Waals surface area contributed by atoms with Crippen LogP contribution in [0.1, 0.15) is 33.4 Å². The van der Waals surface area contributed by atoms with Crippen molar-refractivity contribution in [2.75, 3.05) is 12.3 Å². The Kier molecular flexibility index (Phi) is 9.67. The van der Waals surface area contributed by atoms with Gasteiger partial charge < -0.3 is 24.8 Å². The summed E-state index contributed by atoms with van der Waals surface area (Å²) in [5.74, 6) is -0.606. The predicted octanol–water partition coefficient (Wildman–Crippen LogP) is 2.58. The fraction of sp³-hybridized carbons (Fsp3) is 0.500. The van der Waals surface area contributed by atoms with E-state index in [1.807, 2.05) is 0 Å². The van der Waals surface area contributed by atoms with Crippen molar-refractivity contribution in [3.05, 3.63) is 63.5 Å². The van der Waals surface area contributed by atoms with E-state index >= 15 is 4.39 Å². The van der Waals surface area contributed by atoms with Gasteiger partial charge in [0.25, 0.3) is 0 Å². The Morgan fingerprint density at radius 2 is 2.08 bits per heavy atom. The number of benzene rings is 1. The van der Waals surface area contributed by atoms with E-state index in [1.165, 1.54) is 25.1 Å². The van der Waals surface area contributed by atoms with Gasteiger partial charge in [0.2, 0.25) is 5.72 Å². The van der Waals surface area contributed by atoms with Gasteiger partial charge in [0.05, 0.1) is 19.1 Å². The Hall–Kier alpha value is -3.52. The quantitative estimate of drug-likeness (QED) is 0.111. The molecule has 0 aliphatic carbocycles. The number of para-hydroxylation sites is 1. The zero-order valence-corrected chi connectivity index (χ0v) is 22.2. The van der Waals surface area contributed by atoms with Gasteiger partial charge >= 0.3 is 19.4 Å². The summed E-state index contributed by atoms with van der Waals surface area (Å²) >= 11 is 0. The van der Waals surface area contributed by atoms with Crippen LogP contribution in [-0.2, 0) is 23.4 Å². The van der Waals surface area contributed by atoms with E-state index in [0.29, 0.717) is 4.57 Å². The van der Waals surface area contributed by atoms with E-state index in [9.17, 15) is 19.3 Å². The molecule has 2 aromatic rings. The average Bonchev–Trinajstić information content (AvgIpc) is 3.08. The number of carbonyl (C=O) groups excluding carboxylic acids is 1. The third-order valence-electron chi connectivity index (χ3n) is 5.33. The van der Waals surface area contributed by atoms with Gasteiger partial charge in [-0.05, 0) is 44.5 Å². The first-order chi connectivity index (χ1) is 18.4. The molecule has 6 atom stereocenters. The van der Waals surface area contributed by atoms with Crippen LogP contribution in [0, 0.1) is 0 Å². The van der Waals surface area contributed by atoms with Crippen LogP contribution in [0.25, 0.3) is 10.4 Å². The van der Waals surface area contributed by atoms with Crippen molar-refractivity contribution in [2.24, 2.45) is 5.11 Å². The second-order valence-corrected chi connectivity index (χ2v) is 10.6. The van der Waals surface area contributed by atoms with Crippen LogP contribution in [0.5, 0.6) is 5.75 Å². The van der Waals surface area contributed by atoms with Crippen LogP contribution in [0.2, 0.25) is 0 Å². The molecule has 17 heteroatoms. The standard InChI is InChI=1S/C22H29FN7O8P/c1-13(2)36-17(31)11-14(3)27-39(34,38-15-7-5-4-6-8-15)35-12-22(28-29-25)19(32)18(23)20(37-22)30-10-9-16(24)26-21(30)33/h4-10,13-14,18-20,32H,11-12H2,1-3H3,(H,27,34)(H2,24,26,33)/t14?,18-,19+,20-,22-,39?/m1/s1. The molecule has 1 aliphatic rings. The molecular weight excluding hydrogens is 540 g/mol. The smallest absolute Gasteiger partial charge is 0.459 e. The number of nitrogen functional groups attached to an aromatic ring is 1. The number of ether oxygens (including phenoxy) is 2. The molecule has 4 N–H and O–H groups in total. The Balaban J connectivity index is 1.87. The number of carbonyl (C=O) groups is 1. The molecule has 3 rings (SSSR count). The lowest BCUT2D eigenvalue weighted by Gasteiger charge is -2.29. The molecule has 0 bridgehead atoms. The summed E-state index contributed by atoms with van der Waals surface area (Å²) in [6.07, 6.45) is -5.75. The number of rotatable bonds is 12. The first-order valence-electron chi connectivity index (χ1n) is 11.8. The molecule has 1 saturated heterocycles. The lowest BCUT2D eigenvalue weighted by Crippen LogP contribution is -2.44. The van der Waals surface area contributed by atoms with Gasteiger partial charge in [0.1, 0.15) is 17.7 Å². The van der Waals surface area contributed by atoms with Crippen LogP contribution in [0.15, 0.2) is 52.5 Å². The topological polar surface area (TPSA) is 213 Å². The fourth-order valence-electron chi connectivity index (χ4n) is 3.65. The second-order valence-electron chi connectivity index (χ2n) is 8.92. The number of hydrogen-bond acceptors (Lipinski definition) is 11. The number of hydrogen-bond donors (Lipinski definition) is 3. The summed E-state index contributed by atoms with van der Waals surface area (Å²) < 4.78 is 51.3. The molecule has 1 aromatic heterocycles. The maximum absolute atomic E-state index is 15.2. The molecule has 212 valence electrons. The van der Waals surface area contributed by atoms with Crippen LogP contribution in [0.3, 0.4) is 0 Å². The number of anilines is 1. The van der Waals surface area contributed by atoms with Crippen molar-refractivity contribution in [3.63, 3.8) is 0 Å². The molecule has 1 aliphatic heterocycles. The molecule has 15 nitrogen and oxygen atoms in total. The van der Waals surface area contributed by atoms with Gasteiger partial charge in [0.15, 0.2) is 12.4 Å². The number of halogens is 1. The monoisotopic (exact) mass is 569 g/mol. The summed E-state index contributed by atoms with van der Waals surface area (Å²) in [7, 11) is -4.41. The number of esters is 1. The van der Waals surface area contributed by atoms with Gasteiger partial charge in [-0.1, -0.05) is 23.3 Å². The van der Waals surface area contributed by atoms with Gasteiger partial charge in [-0.3, -0.25) is 13.9 Å². The van der Waals surface area contributed by atoms with E-state index < -0.39 is 56.3 Å². The van der Waals surface area contributed by atoms with Gasteiger partial charge in [-0.2, -0.15) is 4.98 Å². The summed E-state index contributed by atoms with van der Waals surface area (Å²) in [6, 6.07) is 8.24. The van der Waals surface area contributed by atoms with Crippen molar-refractivity contribution in [1.82, 2.24) is 14.6 Å². The van der Waals surface area contributed by atoms with Gasteiger partial charge in [0, 0.05) is 17.2 Å². The summed E-state index contributed by atoms with van der Waals surface area (Å²) in [6.45, 7) is 3.88. The molecule has 2 heterocycles. The first-order valence-corrected chi connectivity index (χ1v) is 13.3. The minimum atomic E-state index is -4.41. The number of nitrogens with zero attached hydrogens (tertiary/aromatic N) is 5.